The van der Waals surface area contributed by atoms with Crippen LogP contribution in [-0.4, -0.2) is 20.9 Å². The van der Waals surface area contributed by atoms with E-state index < -0.39 is 0 Å². The van der Waals surface area contributed by atoms with Gasteiger partial charge in [0.25, 0.3) is 0 Å². The van der Waals surface area contributed by atoms with Crippen molar-refractivity contribution >= 4 is 17.4 Å². The van der Waals surface area contributed by atoms with Crippen molar-refractivity contribution in [1.82, 2.24) is 19.9 Å². The third-order valence-corrected chi connectivity index (χ3v) is 3.87. The van der Waals surface area contributed by atoms with Crippen molar-refractivity contribution in [2.75, 3.05) is 6.26 Å². The van der Waals surface area contributed by atoms with Gasteiger partial charge in [0.2, 0.25) is 0 Å². The molecule has 1 N–H and O–H groups in total. The molecule has 0 spiro atoms. The van der Waals surface area contributed by atoms with E-state index in [9.17, 15) is 0 Å². The predicted octanol–water partition coefficient (Wildman–Crippen LogP) is 2.83. The van der Waals surface area contributed by atoms with Gasteiger partial charge in [-0.1, -0.05) is 6.58 Å². The van der Waals surface area contributed by atoms with E-state index >= 15 is 0 Å². The lowest BCUT2D eigenvalue weighted by molar-refractivity contribution is 0.667. The molecule has 18 heavy (non-hydrogen) atoms. The van der Waals surface area contributed by atoms with Crippen LogP contribution in [0.15, 0.2) is 24.1 Å². The van der Waals surface area contributed by atoms with E-state index in [4.69, 9.17) is 0 Å². The minimum absolute atomic E-state index is 0.206. The van der Waals surface area contributed by atoms with Crippen LogP contribution in [0.5, 0.6) is 0 Å². The molecule has 0 amide bonds. The average molecular weight is 262 g/mol. The summed E-state index contributed by atoms with van der Waals surface area (Å²) in [5.41, 5.74) is 4.57. The second-order valence-electron chi connectivity index (χ2n) is 4.36. The van der Waals surface area contributed by atoms with Crippen molar-refractivity contribution in [2.45, 2.75) is 26.8 Å². The van der Waals surface area contributed by atoms with Gasteiger partial charge in [-0.05, 0) is 43.7 Å². The maximum atomic E-state index is 4.27. The average Bonchev–Trinajstić information content (AvgIpc) is 2.81. The summed E-state index contributed by atoms with van der Waals surface area (Å²) < 4.78 is 1.83. The first-order chi connectivity index (χ1) is 8.54. The Morgan fingerprint density at radius 1 is 1.44 bits per heavy atom. The normalized spacial score (nSPS) is 12.7. The number of fused-ring (bicyclic) bond motifs is 1. The summed E-state index contributed by atoms with van der Waals surface area (Å²) >= 11 is 1.62. The van der Waals surface area contributed by atoms with Crippen LogP contribution in [0.25, 0.3) is 5.65 Å². The molecule has 0 aliphatic heterocycles. The molecule has 1 atom stereocenters. The maximum absolute atomic E-state index is 4.27. The second-order valence-corrected chi connectivity index (χ2v) is 5.26. The molecule has 0 bridgehead atoms. The number of thioether (sulfide) groups is 1. The highest BCUT2D eigenvalue weighted by atomic mass is 32.2. The molecule has 0 radical (unpaired) electrons. The van der Waals surface area contributed by atoms with Gasteiger partial charge in [0.15, 0.2) is 5.65 Å². The van der Waals surface area contributed by atoms with Gasteiger partial charge in [0, 0.05) is 6.20 Å². The highest BCUT2D eigenvalue weighted by molar-refractivity contribution is 8.02. The Hall–Kier alpha value is -1.49. The molecule has 2 aromatic heterocycles. The number of hydrogen-bond donors (Lipinski definition) is 1. The van der Waals surface area contributed by atoms with Crippen molar-refractivity contribution in [2.24, 2.45) is 0 Å². The Labute approximate surface area is 111 Å². The highest BCUT2D eigenvalue weighted by Crippen LogP contribution is 2.24. The molecule has 4 nitrogen and oxygen atoms in total. The summed E-state index contributed by atoms with van der Waals surface area (Å²) in [5.74, 6) is 0. The molecular weight excluding hydrogens is 244 g/mol. The van der Waals surface area contributed by atoms with Crippen LogP contribution in [0.1, 0.15) is 29.7 Å². The Kier molecular flexibility index (Phi) is 3.61. The SMILES string of the molecule is C=C(NC(C)c1cn2ncnc2c(C)c1C)SC. The first-order valence-electron chi connectivity index (χ1n) is 5.83. The van der Waals surface area contributed by atoms with E-state index in [0.29, 0.717) is 0 Å². The first-order valence-corrected chi connectivity index (χ1v) is 7.06. The van der Waals surface area contributed by atoms with Crippen LogP contribution >= 0.6 is 11.8 Å². The van der Waals surface area contributed by atoms with Gasteiger partial charge < -0.3 is 5.32 Å². The zero-order valence-electron chi connectivity index (χ0n) is 11.2. The van der Waals surface area contributed by atoms with Gasteiger partial charge in [-0.3, -0.25) is 0 Å². The van der Waals surface area contributed by atoms with Crippen molar-refractivity contribution in [3.63, 3.8) is 0 Å². The minimum atomic E-state index is 0.206. The quantitative estimate of drug-likeness (QED) is 0.920. The second kappa shape index (κ2) is 5.02. The van der Waals surface area contributed by atoms with Crippen molar-refractivity contribution in [3.8, 4) is 0 Å². The summed E-state index contributed by atoms with van der Waals surface area (Å²) in [4.78, 5) is 4.27. The number of aryl methyl sites for hydroxylation is 1. The highest BCUT2D eigenvalue weighted by Gasteiger charge is 2.14. The number of hydrogen-bond acceptors (Lipinski definition) is 4. The number of rotatable bonds is 4. The van der Waals surface area contributed by atoms with E-state index in [-0.39, 0.29) is 6.04 Å². The van der Waals surface area contributed by atoms with E-state index in [0.717, 1.165) is 10.7 Å². The molecule has 0 saturated carbocycles. The Morgan fingerprint density at radius 3 is 2.83 bits per heavy atom. The number of nitrogens with one attached hydrogen (secondary N) is 1. The maximum Gasteiger partial charge on any atom is 0.158 e. The van der Waals surface area contributed by atoms with Crippen LogP contribution < -0.4 is 5.32 Å². The topological polar surface area (TPSA) is 42.2 Å². The lowest BCUT2D eigenvalue weighted by atomic mass is 10.0. The van der Waals surface area contributed by atoms with E-state index in [1.165, 1.54) is 16.7 Å². The van der Waals surface area contributed by atoms with Crippen molar-refractivity contribution < 1.29 is 0 Å². The third kappa shape index (κ3) is 2.22. The van der Waals surface area contributed by atoms with Crippen LogP contribution in [-0.2, 0) is 0 Å². The molecule has 1 unspecified atom stereocenters. The standard InChI is InChI=1S/C13H18N4S/c1-8-9(2)13-14-7-15-17(13)6-12(8)10(3)16-11(4)18-5/h6-7,10,16H,4H2,1-3,5H3. The zero-order chi connectivity index (χ0) is 13.3. The van der Waals surface area contributed by atoms with Crippen molar-refractivity contribution in [1.29, 1.82) is 0 Å². The summed E-state index contributed by atoms with van der Waals surface area (Å²) in [5, 5.41) is 8.56. The molecular formula is C13H18N4S. The lowest BCUT2D eigenvalue weighted by Crippen LogP contribution is -2.18. The van der Waals surface area contributed by atoms with Gasteiger partial charge in [-0.15, -0.1) is 11.8 Å². The smallest absolute Gasteiger partial charge is 0.158 e. The number of pyridine rings is 1. The van der Waals surface area contributed by atoms with E-state index in [1.807, 2.05) is 17.0 Å². The molecule has 96 valence electrons. The molecule has 0 fully saturated rings. The fourth-order valence-corrected chi connectivity index (χ4v) is 2.34. The first kappa shape index (κ1) is 13.0. The summed E-state index contributed by atoms with van der Waals surface area (Å²) in [6.45, 7) is 10.3. The van der Waals surface area contributed by atoms with Crippen molar-refractivity contribution in [3.05, 3.63) is 40.8 Å². The van der Waals surface area contributed by atoms with Gasteiger partial charge in [-0.25, -0.2) is 9.50 Å². The summed E-state index contributed by atoms with van der Waals surface area (Å²) in [7, 11) is 0. The molecule has 2 aromatic rings. The predicted molar refractivity (Wildman–Crippen MR) is 76.7 cm³/mol. The summed E-state index contributed by atoms with van der Waals surface area (Å²) in [6, 6.07) is 0.206. The third-order valence-electron chi connectivity index (χ3n) is 3.26. The van der Waals surface area contributed by atoms with Crippen LogP contribution in [0.4, 0.5) is 0 Å². The molecule has 2 rings (SSSR count). The minimum Gasteiger partial charge on any atom is -0.374 e. The van der Waals surface area contributed by atoms with Crippen LogP contribution in [0.3, 0.4) is 0 Å². The van der Waals surface area contributed by atoms with E-state index in [2.05, 4.69) is 42.7 Å². The van der Waals surface area contributed by atoms with Gasteiger partial charge >= 0.3 is 0 Å². The van der Waals surface area contributed by atoms with Gasteiger partial charge in [0.1, 0.15) is 6.33 Å². The summed E-state index contributed by atoms with van der Waals surface area (Å²) in [6.07, 6.45) is 5.64. The molecule has 5 heteroatoms. The Morgan fingerprint density at radius 2 is 2.17 bits per heavy atom. The fourth-order valence-electron chi connectivity index (χ4n) is 2.04. The Bertz CT molecular complexity index is 588. The monoisotopic (exact) mass is 262 g/mol. The molecule has 0 aliphatic carbocycles. The van der Waals surface area contributed by atoms with Crippen LogP contribution in [0.2, 0.25) is 0 Å². The molecule has 2 heterocycles. The molecule has 0 saturated heterocycles. The number of nitrogens with zero attached hydrogens (tertiary/aromatic N) is 3. The largest absolute Gasteiger partial charge is 0.374 e. The lowest BCUT2D eigenvalue weighted by Gasteiger charge is -2.19. The molecule has 0 aliphatic rings. The fraction of sp³-hybridized carbons (Fsp3) is 0.385. The van der Waals surface area contributed by atoms with Crippen LogP contribution in [0, 0.1) is 13.8 Å². The number of aromatic nitrogens is 3. The van der Waals surface area contributed by atoms with Gasteiger partial charge in [0.05, 0.1) is 11.1 Å². The zero-order valence-corrected chi connectivity index (χ0v) is 12.0. The molecule has 0 aromatic carbocycles. The van der Waals surface area contributed by atoms with Gasteiger partial charge in [-0.2, -0.15) is 5.10 Å². The Balaban J connectivity index is 2.43. The van der Waals surface area contributed by atoms with E-state index in [1.54, 1.807) is 18.1 Å².